The molecule has 0 bridgehead atoms. The molecule has 102 valence electrons. The highest BCUT2D eigenvalue weighted by atomic mass is 79.9. The number of nitrogens with one attached hydrogen (secondary N) is 1. The number of aromatic nitrogens is 2. The van der Waals surface area contributed by atoms with Gasteiger partial charge in [0.1, 0.15) is 11.9 Å². The molecule has 0 aliphatic rings. The average molecular weight is 335 g/mol. The standard InChI is InChI=1S/C14H12BrFN4/c1-9(6-10-2-3-12(16)11(15)7-10)20-14-13(8-17)18-4-5-19-14/h2-5,7,9H,6H2,1H3,(H,19,20). The number of nitriles is 1. The minimum Gasteiger partial charge on any atom is -0.365 e. The summed E-state index contributed by atoms with van der Waals surface area (Å²) in [6, 6.07) is 6.93. The maximum atomic E-state index is 13.2. The van der Waals surface area contributed by atoms with Crippen LogP contribution in [0.3, 0.4) is 0 Å². The Kier molecular flexibility index (Phi) is 4.64. The van der Waals surface area contributed by atoms with Gasteiger partial charge >= 0.3 is 0 Å². The van der Waals surface area contributed by atoms with Gasteiger partial charge in [0, 0.05) is 18.4 Å². The van der Waals surface area contributed by atoms with E-state index in [2.05, 4.69) is 31.2 Å². The van der Waals surface area contributed by atoms with Gasteiger partial charge in [-0.05, 0) is 47.0 Å². The van der Waals surface area contributed by atoms with Crippen LogP contribution < -0.4 is 5.32 Å². The SMILES string of the molecule is CC(Cc1ccc(F)c(Br)c1)Nc1nccnc1C#N. The van der Waals surface area contributed by atoms with Crippen LogP contribution in [0.4, 0.5) is 10.2 Å². The molecule has 1 aromatic carbocycles. The molecular weight excluding hydrogens is 323 g/mol. The highest BCUT2D eigenvalue weighted by molar-refractivity contribution is 9.10. The predicted molar refractivity (Wildman–Crippen MR) is 77.6 cm³/mol. The van der Waals surface area contributed by atoms with E-state index in [1.165, 1.54) is 18.5 Å². The van der Waals surface area contributed by atoms with Crippen molar-refractivity contribution in [2.24, 2.45) is 0 Å². The van der Waals surface area contributed by atoms with Gasteiger partial charge in [-0.15, -0.1) is 0 Å². The van der Waals surface area contributed by atoms with Gasteiger partial charge in [-0.1, -0.05) is 6.07 Å². The number of rotatable bonds is 4. The normalized spacial score (nSPS) is 11.7. The summed E-state index contributed by atoms with van der Waals surface area (Å²) < 4.78 is 13.6. The first-order valence-electron chi connectivity index (χ1n) is 6.01. The molecule has 4 nitrogen and oxygen atoms in total. The summed E-state index contributed by atoms with van der Waals surface area (Å²) in [6.45, 7) is 1.97. The van der Waals surface area contributed by atoms with Crippen LogP contribution in [-0.4, -0.2) is 16.0 Å². The molecule has 0 fully saturated rings. The second-order valence-electron chi connectivity index (χ2n) is 4.36. The minimum atomic E-state index is -0.282. The molecule has 1 N–H and O–H groups in total. The zero-order valence-corrected chi connectivity index (χ0v) is 12.4. The maximum Gasteiger partial charge on any atom is 0.182 e. The molecule has 20 heavy (non-hydrogen) atoms. The van der Waals surface area contributed by atoms with E-state index in [4.69, 9.17) is 5.26 Å². The lowest BCUT2D eigenvalue weighted by Gasteiger charge is -2.15. The molecule has 0 amide bonds. The van der Waals surface area contributed by atoms with Crippen molar-refractivity contribution in [2.45, 2.75) is 19.4 Å². The highest BCUT2D eigenvalue weighted by Crippen LogP contribution is 2.18. The topological polar surface area (TPSA) is 61.6 Å². The van der Waals surface area contributed by atoms with Gasteiger partial charge in [0.05, 0.1) is 4.47 Å². The average Bonchev–Trinajstić information content (AvgIpc) is 2.43. The summed E-state index contributed by atoms with van der Waals surface area (Å²) in [5.41, 5.74) is 1.25. The van der Waals surface area contributed by atoms with Gasteiger partial charge in [0.15, 0.2) is 11.5 Å². The van der Waals surface area contributed by atoms with E-state index in [-0.39, 0.29) is 17.6 Å². The summed E-state index contributed by atoms with van der Waals surface area (Å²) >= 11 is 3.16. The first-order chi connectivity index (χ1) is 9.60. The summed E-state index contributed by atoms with van der Waals surface area (Å²) in [5.74, 6) is 0.179. The van der Waals surface area contributed by atoms with Crippen molar-refractivity contribution in [1.82, 2.24) is 9.97 Å². The molecule has 1 heterocycles. The molecule has 1 aromatic heterocycles. The lowest BCUT2D eigenvalue weighted by molar-refractivity contribution is 0.619. The van der Waals surface area contributed by atoms with Gasteiger partial charge in [-0.3, -0.25) is 0 Å². The van der Waals surface area contributed by atoms with Gasteiger partial charge in [-0.25, -0.2) is 14.4 Å². The van der Waals surface area contributed by atoms with E-state index in [0.29, 0.717) is 16.7 Å². The summed E-state index contributed by atoms with van der Waals surface area (Å²) in [6.07, 6.45) is 3.69. The number of benzene rings is 1. The minimum absolute atomic E-state index is 0.0381. The van der Waals surface area contributed by atoms with Crippen LogP contribution in [0.15, 0.2) is 35.1 Å². The highest BCUT2D eigenvalue weighted by Gasteiger charge is 2.10. The Hall–Kier alpha value is -2.00. The second-order valence-corrected chi connectivity index (χ2v) is 5.22. The van der Waals surface area contributed by atoms with Gasteiger partial charge in [0.2, 0.25) is 0 Å². The third-order valence-electron chi connectivity index (χ3n) is 2.71. The molecule has 1 unspecified atom stereocenters. The molecule has 2 aromatic rings. The number of hydrogen-bond acceptors (Lipinski definition) is 4. The Bertz CT molecular complexity index is 654. The summed E-state index contributed by atoms with van der Waals surface area (Å²) in [5, 5.41) is 12.1. The molecule has 0 saturated heterocycles. The fourth-order valence-corrected chi connectivity index (χ4v) is 2.26. The quantitative estimate of drug-likeness (QED) is 0.931. The zero-order chi connectivity index (χ0) is 14.5. The maximum absolute atomic E-state index is 13.2. The van der Waals surface area contributed by atoms with Crippen LogP contribution in [0.1, 0.15) is 18.2 Å². The number of hydrogen-bond donors (Lipinski definition) is 1. The predicted octanol–water partition coefficient (Wildman–Crippen LogP) is 3.29. The van der Waals surface area contributed by atoms with Gasteiger partial charge in [-0.2, -0.15) is 5.26 Å². The molecule has 0 spiro atoms. The third kappa shape index (κ3) is 3.52. The molecule has 0 aliphatic carbocycles. The second kappa shape index (κ2) is 6.44. The van der Waals surface area contributed by atoms with Crippen molar-refractivity contribution in [1.29, 1.82) is 5.26 Å². The Morgan fingerprint density at radius 1 is 1.40 bits per heavy atom. The summed E-state index contributed by atoms with van der Waals surface area (Å²) in [7, 11) is 0. The fraction of sp³-hybridized carbons (Fsp3) is 0.214. The van der Waals surface area contributed by atoms with Crippen LogP contribution in [0.2, 0.25) is 0 Å². The van der Waals surface area contributed by atoms with Crippen molar-refractivity contribution in [2.75, 3.05) is 5.32 Å². The monoisotopic (exact) mass is 334 g/mol. The Balaban J connectivity index is 2.07. The van der Waals surface area contributed by atoms with Crippen molar-refractivity contribution >= 4 is 21.7 Å². The molecule has 0 saturated carbocycles. The molecular formula is C14H12BrFN4. The van der Waals surface area contributed by atoms with Crippen molar-refractivity contribution in [3.05, 3.63) is 52.1 Å². The molecule has 0 aliphatic heterocycles. The van der Waals surface area contributed by atoms with E-state index >= 15 is 0 Å². The Morgan fingerprint density at radius 2 is 2.15 bits per heavy atom. The number of anilines is 1. The van der Waals surface area contributed by atoms with Crippen LogP contribution in [0.25, 0.3) is 0 Å². The van der Waals surface area contributed by atoms with Crippen molar-refractivity contribution < 1.29 is 4.39 Å². The lowest BCUT2D eigenvalue weighted by Crippen LogP contribution is -2.20. The first-order valence-corrected chi connectivity index (χ1v) is 6.81. The molecule has 0 radical (unpaired) electrons. The lowest BCUT2D eigenvalue weighted by atomic mass is 10.1. The van der Waals surface area contributed by atoms with Gasteiger partial charge < -0.3 is 5.32 Å². The third-order valence-corrected chi connectivity index (χ3v) is 3.32. The molecule has 2 rings (SSSR count). The summed E-state index contributed by atoms with van der Waals surface area (Å²) in [4.78, 5) is 8.04. The van der Waals surface area contributed by atoms with E-state index < -0.39 is 0 Å². The van der Waals surface area contributed by atoms with Crippen LogP contribution >= 0.6 is 15.9 Å². The van der Waals surface area contributed by atoms with Crippen LogP contribution in [-0.2, 0) is 6.42 Å². The van der Waals surface area contributed by atoms with E-state index in [0.717, 1.165) is 5.56 Å². The van der Waals surface area contributed by atoms with Gasteiger partial charge in [0.25, 0.3) is 0 Å². The largest absolute Gasteiger partial charge is 0.365 e. The van der Waals surface area contributed by atoms with Crippen LogP contribution in [0.5, 0.6) is 0 Å². The molecule has 6 heteroatoms. The molecule has 1 atom stereocenters. The Morgan fingerprint density at radius 3 is 2.85 bits per heavy atom. The van der Waals surface area contributed by atoms with E-state index in [1.807, 2.05) is 13.0 Å². The number of nitrogens with zero attached hydrogens (tertiary/aromatic N) is 3. The zero-order valence-electron chi connectivity index (χ0n) is 10.8. The first kappa shape index (κ1) is 14.4. The number of halogens is 2. The fourth-order valence-electron chi connectivity index (χ4n) is 1.83. The smallest absolute Gasteiger partial charge is 0.182 e. The van der Waals surface area contributed by atoms with Crippen molar-refractivity contribution in [3.63, 3.8) is 0 Å². The Labute approximate surface area is 124 Å². The van der Waals surface area contributed by atoms with E-state index in [9.17, 15) is 4.39 Å². The van der Waals surface area contributed by atoms with E-state index in [1.54, 1.807) is 12.1 Å². The van der Waals surface area contributed by atoms with Crippen LogP contribution in [0, 0.1) is 17.1 Å². The van der Waals surface area contributed by atoms with Crippen molar-refractivity contribution in [3.8, 4) is 6.07 Å².